The lowest BCUT2D eigenvalue weighted by atomic mass is 9.81. The summed E-state index contributed by atoms with van der Waals surface area (Å²) < 4.78 is 0. The number of hydrogen-bond donors (Lipinski definition) is 0. The lowest BCUT2D eigenvalue weighted by Gasteiger charge is -2.22. The molecule has 0 N–H and O–H groups in total. The van der Waals surface area contributed by atoms with Gasteiger partial charge in [-0.25, -0.2) is 0 Å². The highest BCUT2D eigenvalue weighted by Crippen LogP contribution is 2.50. The van der Waals surface area contributed by atoms with Crippen LogP contribution in [0, 0.1) is 0 Å². The number of hydrogen-bond acceptors (Lipinski definition) is 2. The second-order valence-corrected chi connectivity index (χ2v) is 10.5. The molecule has 0 amide bonds. The first kappa shape index (κ1) is 20.8. The molecule has 2 heteroatoms. The Morgan fingerprint density at radius 3 is 1.24 bits per heavy atom. The smallest absolute Gasteiger partial charge is 0.233 e. The average Bonchev–Trinajstić information content (AvgIpc) is 3.23. The van der Waals surface area contributed by atoms with Crippen LogP contribution < -0.4 is 0 Å². The summed E-state index contributed by atoms with van der Waals surface area (Å²) in [7, 11) is 0. The Labute approximate surface area is 200 Å². The molecule has 0 atom stereocenters. The standard InChI is InChI=1S/C32H26O2/c1-31(2)25-11-7-5-9-21(25)23-15-13-19(17-27(23)31)29(33)30(34)20-14-16-24-22-10-6-8-12-26(22)32(3,4)28(24)18-20/h5-18H,1-4H3. The van der Waals surface area contributed by atoms with Gasteiger partial charge in [0, 0.05) is 22.0 Å². The first-order valence-corrected chi connectivity index (χ1v) is 11.8. The van der Waals surface area contributed by atoms with Crippen LogP contribution in [0.1, 0.15) is 70.7 Å². The molecular formula is C32H26O2. The van der Waals surface area contributed by atoms with Gasteiger partial charge in [0.05, 0.1) is 0 Å². The number of rotatable bonds is 3. The highest BCUT2D eigenvalue weighted by Gasteiger charge is 2.37. The monoisotopic (exact) mass is 442 g/mol. The van der Waals surface area contributed by atoms with E-state index in [9.17, 15) is 9.59 Å². The fourth-order valence-electron chi connectivity index (χ4n) is 5.95. The van der Waals surface area contributed by atoms with Crippen LogP contribution in [0.4, 0.5) is 0 Å². The molecule has 6 rings (SSSR count). The van der Waals surface area contributed by atoms with Crippen molar-refractivity contribution in [2.24, 2.45) is 0 Å². The molecule has 0 heterocycles. The molecule has 34 heavy (non-hydrogen) atoms. The van der Waals surface area contributed by atoms with Crippen molar-refractivity contribution in [2.75, 3.05) is 0 Å². The van der Waals surface area contributed by atoms with Crippen LogP contribution in [-0.4, -0.2) is 11.6 Å². The Morgan fingerprint density at radius 2 is 0.824 bits per heavy atom. The van der Waals surface area contributed by atoms with Crippen LogP contribution in [0.2, 0.25) is 0 Å². The molecule has 0 radical (unpaired) electrons. The molecule has 0 aromatic heterocycles. The first-order valence-electron chi connectivity index (χ1n) is 11.8. The van der Waals surface area contributed by atoms with Crippen molar-refractivity contribution < 1.29 is 9.59 Å². The maximum atomic E-state index is 13.4. The van der Waals surface area contributed by atoms with E-state index in [0.29, 0.717) is 11.1 Å². The van der Waals surface area contributed by atoms with Crippen LogP contribution in [-0.2, 0) is 10.8 Å². The molecule has 2 nitrogen and oxygen atoms in total. The molecule has 0 fully saturated rings. The van der Waals surface area contributed by atoms with E-state index in [1.165, 1.54) is 22.3 Å². The van der Waals surface area contributed by atoms with Gasteiger partial charge in [-0.1, -0.05) is 100 Å². The van der Waals surface area contributed by atoms with Gasteiger partial charge in [-0.3, -0.25) is 9.59 Å². The molecule has 4 aromatic rings. The van der Waals surface area contributed by atoms with Gasteiger partial charge in [-0.15, -0.1) is 0 Å². The number of ketones is 2. The SMILES string of the molecule is CC1(C)c2ccccc2-c2ccc(C(=O)C(=O)c3ccc4c(c3)C(C)(C)c3ccccc3-4)cc21. The van der Waals surface area contributed by atoms with Crippen LogP contribution >= 0.6 is 0 Å². The quantitative estimate of drug-likeness (QED) is 0.245. The summed E-state index contributed by atoms with van der Waals surface area (Å²) in [4.78, 5) is 26.7. The first-order chi connectivity index (χ1) is 16.2. The van der Waals surface area contributed by atoms with Gasteiger partial charge < -0.3 is 0 Å². The Kier molecular flexibility index (Phi) is 4.20. The second kappa shape index (κ2) is 6.87. The fourth-order valence-corrected chi connectivity index (χ4v) is 5.95. The van der Waals surface area contributed by atoms with Gasteiger partial charge >= 0.3 is 0 Å². The minimum Gasteiger partial charge on any atom is -0.285 e. The molecular weight excluding hydrogens is 416 g/mol. The lowest BCUT2D eigenvalue weighted by molar-refractivity contribution is 0.0817. The number of carbonyl (C=O) groups is 2. The van der Waals surface area contributed by atoms with E-state index < -0.39 is 11.6 Å². The third-order valence-corrected chi connectivity index (χ3v) is 7.90. The van der Waals surface area contributed by atoms with Crippen LogP contribution in [0.3, 0.4) is 0 Å². The Bertz CT molecular complexity index is 1420. The number of benzene rings is 4. The molecule has 4 aromatic carbocycles. The van der Waals surface area contributed by atoms with Gasteiger partial charge in [0.25, 0.3) is 0 Å². The predicted octanol–water partition coefficient (Wildman–Crippen LogP) is 7.36. The molecule has 166 valence electrons. The van der Waals surface area contributed by atoms with Gasteiger partial charge in [-0.2, -0.15) is 0 Å². The Morgan fingerprint density at radius 1 is 0.471 bits per heavy atom. The highest BCUT2D eigenvalue weighted by molar-refractivity contribution is 6.49. The van der Waals surface area contributed by atoms with Crippen molar-refractivity contribution in [2.45, 2.75) is 38.5 Å². The van der Waals surface area contributed by atoms with Crippen LogP contribution in [0.5, 0.6) is 0 Å². The van der Waals surface area contributed by atoms with E-state index in [0.717, 1.165) is 22.3 Å². The van der Waals surface area contributed by atoms with Crippen molar-refractivity contribution in [3.8, 4) is 22.3 Å². The van der Waals surface area contributed by atoms with Gasteiger partial charge in [0.15, 0.2) is 0 Å². The number of fused-ring (bicyclic) bond motifs is 6. The summed E-state index contributed by atoms with van der Waals surface area (Å²) in [5, 5.41) is 0. The summed E-state index contributed by atoms with van der Waals surface area (Å²) in [5.41, 5.74) is 9.85. The number of Topliss-reactive ketones (excluding diaryl/α,β-unsaturated/α-hetero) is 2. The molecule has 0 unspecified atom stereocenters. The van der Waals surface area contributed by atoms with E-state index >= 15 is 0 Å². The van der Waals surface area contributed by atoms with E-state index in [4.69, 9.17) is 0 Å². The topological polar surface area (TPSA) is 34.1 Å². The van der Waals surface area contributed by atoms with Crippen molar-refractivity contribution in [1.82, 2.24) is 0 Å². The molecule has 2 aliphatic rings. The molecule has 0 saturated heterocycles. The van der Waals surface area contributed by atoms with Gasteiger partial charge in [-0.05, 0) is 56.6 Å². The average molecular weight is 443 g/mol. The van der Waals surface area contributed by atoms with Gasteiger partial charge in [0.1, 0.15) is 0 Å². The highest BCUT2D eigenvalue weighted by atomic mass is 16.2. The third-order valence-electron chi connectivity index (χ3n) is 7.90. The maximum Gasteiger partial charge on any atom is 0.233 e. The molecule has 2 aliphatic carbocycles. The molecule has 0 aliphatic heterocycles. The van der Waals surface area contributed by atoms with E-state index in [2.05, 4.69) is 64.1 Å². The minimum atomic E-state index is -0.456. The normalized spacial score (nSPS) is 15.8. The third kappa shape index (κ3) is 2.69. The fraction of sp³-hybridized carbons (Fsp3) is 0.188. The summed E-state index contributed by atoms with van der Waals surface area (Å²) in [6.45, 7) is 8.70. The largest absolute Gasteiger partial charge is 0.285 e. The zero-order valence-electron chi connectivity index (χ0n) is 19.9. The molecule has 0 bridgehead atoms. The summed E-state index contributed by atoms with van der Waals surface area (Å²) in [5.74, 6) is -0.911. The number of carbonyl (C=O) groups excluding carboxylic acids is 2. The Hall–Kier alpha value is -3.78. The van der Waals surface area contributed by atoms with Crippen molar-refractivity contribution >= 4 is 11.6 Å². The summed E-state index contributed by atoms with van der Waals surface area (Å²) in [6, 6.07) is 28.1. The predicted molar refractivity (Wildman–Crippen MR) is 137 cm³/mol. The maximum absolute atomic E-state index is 13.4. The van der Waals surface area contributed by atoms with E-state index in [1.807, 2.05) is 36.4 Å². The zero-order chi connectivity index (χ0) is 23.8. The summed E-state index contributed by atoms with van der Waals surface area (Å²) >= 11 is 0. The van der Waals surface area contributed by atoms with Crippen molar-refractivity contribution in [1.29, 1.82) is 0 Å². The zero-order valence-corrected chi connectivity index (χ0v) is 19.9. The molecule has 0 spiro atoms. The molecule has 0 saturated carbocycles. The van der Waals surface area contributed by atoms with E-state index in [1.54, 1.807) is 12.1 Å². The van der Waals surface area contributed by atoms with E-state index in [-0.39, 0.29) is 10.8 Å². The van der Waals surface area contributed by atoms with Crippen LogP contribution in [0.15, 0.2) is 84.9 Å². The van der Waals surface area contributed by atoms with Gasteiger partial charge in [0.2, 0.25) is 11.6 Å². The van der Waals surface area contributed by atoms with Crippen molar-refractivity contribution in [3.05, 3.63) is 118 Å². The lowest BCUT2D eigenvalue weighted by Crippen LogP contribution is -2.19. The summed E-state index contributed by atoms with van der Waals surface area (Å²) in [6.07, 6.45) is 0. The van der Waals surface area contributed by atoms with Crippen molar-refractivity contribution in [3.63, 3.8) is 0 Å². The second-order valence-electron chi connectivity index (χ2n) is 10.5. The Balaban J connectivity index is 1.38. The van der Waals surface area contributed by atoms with Crippen LogP contribution in [0.25, 0.3) is 22.3 Å². The minimum absolute atomic E-state index is 0.214.